The number of hydrogen-bond acceptors (Lipinski definition) is 9. The van der Waals surface area contributed by atoms with Crippen molar-refractivity contribution in [1.82, 2.24) is 0 Å². The first kappa shape index (κ1) is 36.4. The van der Waals surface area contributed by atoms with E-state index in [1.807, 2.05) is 12.1 Å². The molecule has 10 heteroatoms. The van der Waals surface area contributed by atoms with Gasteiger partial charge in [0.2, 0.25) is 6.10 Å². The van der Waals surface area contributed by atoms with Gasteiger partial charge in [0, 0.05) is 37.5 Å². The van der Waals surface area contributed by atoms with Gasteiger partial charge in [-0.3, -0.25) is 0 Å². The van der Waals surface area contributed by atoms with Crippen molar-refractivity contribution >= 4 is 30.4 Å². The van der Waals surface area contributed by atoms with E-state index in [2.05, 4.69) is 95.2 Å². The normalized spacial score (nSPS) is 32.6. The van der Waals surface area contributed by atoms with Crippen molar-refractivity contribution < 1.29 is 37.7 Å². The summed E-state index contributed by atoms with van der Waals surface area (Å²) in [7, 11) is -3.19. The zero-order chi connectivity index (χ0) is 36.4. The first-order valence-electron chi connectivity index (χ1n) is 19.8. The van der Waals surface area contributed by atoms with Crippen LogP contribution in [0.3, 0.4) is 0 Å². The zero-order valence-corrected chi connectivity index (χ0v) is 32.8. The molecular weight excluding hydrogens is 675 g/mol. The van der Waals surface area contributed by atoms with E-state index >= 15 is 0 Å². The van der Waals surface area contributed by atoms with E-state index in [1.54, 1.807) is 0 Å². The van der Waals surface area contributed by atoms with Crippen LogP contribution in [0.25, 0.3) is 0 Å². The Morgan fingerprint density at radius 2 is 1.13 bits per heavy atom. The third-order valence-electron chi connectivity index (χ3n) is 12.4. The van der Waals surface area contributed by atoms with E-state index in [4.69, 9.17) is 32.9 Å². The summed E-state index contributed by atoms with van der Waals surface area (Å²) in [5.41, 5.74) is 0.608. The second kappa shape index (κ2) is 13.6. The molecular formula is C42H57NO8Si. The van der Waals surface area contributed by atoms with E-state index in [0.29, 0.717) is 6.42 Å². The number of fused-ring (bicyclic) bond motifs is 3. The highest BCUT2D eigenvalue weighted by Gasteiger charge is 2.69. The van der Waals surface area contributed by atoms with Gasteiger partial charge in [-0.15, -0.1) is 0 Å². The molecule has 3 heterocycles. The molecule has 2 aromatic rings. The number of oxime groups is 1. The van der Waals surface area contributed by atoms with Gasteiger partial charge in [-0.05, 0) is 41.1 Å². The molecule has 0 aromatic heterocycles. The average Bonchev–Trinajstić information content (AvgIpc) is 3.86. The number of nitrogens with zero attached hydrogens (tertiary/aromatic N) is 1. The van der Waals surface area contributed by atoms with Crippen LogP contribution in [0, 0.1) is 5.41 Å². The first-order chi connectivity index (χ1) is 24.8. The van der Waals surface area contributed by atoms with Crippen molar-refractivity contribution in [3.8, 4) is 0 Å². The number of ether oxygens (including phenoxy) is 5. The predicted octanol–water partition coefficient (Wildman–Crippen LogP) is 6.94. The second-order valence-electron chi connectivity index (χ2n) is 18.0. The summed E-state index contributed by atoms with van der Waals surface area (Å²) in [6.07, 6.45) is 5.48. The first-order valence-corrected chi connectivity index (χ1v) is 21.7. The van der Waals surface area contributed by atoms with Gasteiger partial charge < -0.3 is 32.9 Å². The molecule has 0 unspecified atom stereocenters. The van der Waals surface area contributed by atoms with Gasteiger partial charge in [0.1, 0.15) is 30.5 Å². The fraction of sp³-hybridized carbons (Fsp3) is 0.667. The Morgan fingerprint density at radius 3 is 1.58 bits per heavy atom. The minimum absolute atomic E-state index is 0.230. The third kappa shape index (κ3) is 6.39. The summed E-state index contributed by atoms with van der Waals surface area (Å²) in [5.74, 6) is -1.96. The summed E-state index contributed by atoms with van der Waals surface area (Å²) in [6.45, 7) is 13.0. The van der Waals surface area contributed by atoms with Crippen molar-refractivity contribution in [2.75, 3.05) is 0 Å². The van der Waals surface area contributed by atoms with Crippen molar-refractivity contribution in [2.45, 2.75) is 172 Å². The molecule has 0 radical (unpaired) electrons. The fourth-order valence-electron chi connectivity index (χ4n) is 9.68. The Balaban J connectivity index is 1.25. The van der Waals surface area contributed by atoms with Crippen molar-refractivity contribution in [3.63, 3.8) is 0 Å². The van der Waals surface area contributed by atoms with Crippen LogP contribution in [-0.2, 0) is 37.7 Å². The van der Waals surface area contributed by atoms with E-state index in [1.165, 1.54) is 0 Å². The number of hydrogen-bond donors (Lipinski definition) is 0. The molecule has 2 aromatic carbocycles. The van der Waals surface area contributed by atoms with Crippen LogP contribution in [0.15, 0.2) is 65.8 Å². The van der Waals surface area contributed by atoms with E-state index in [0.717, 1.165) is 80.3 Å². The SMILES string of the molecule is CC(C)(C)C1=NO[C@H](C(=O)O[C@H]2[C@@H]3OC4(CCCCC4)O[C@@H]3[C@H]3OC4(CCCCC4)O[C@H]3[C@@H]2O[Si](c2ccccc2)(c2ccccc2)C(C)(C)C)C1. The van der Waals surface area contributed by atoms with E-state index in [-0.39, 0.29) is 10.5 Å². The minimum Gasteiger partial charge on any atom is -0.454 e. The Bertz CT molecular complexity index is 1570. The number of rotatable bonds is 6. The molecule has 52 heavy (non-hydrogen) atoms. The molecule has 2 saturated heterocycles. The standard InChI is InChI=1S/C42H57NO8Si/c1-39(2,3)31-27-30(50-43-31)38(44)45-32-33-34(47-41(46-33)23-15-9-16-24-41)35-36(49-42(48-35)25-17-10-18-26-42)37(32)51-52(40(4,5)6,28-19-11-7-12-20-28)29-21-13-8-14-22-29/h7-8,11-14,19-22,30,32-37H,9-10,15-18,23-27H2,1-6H3/t30-,32-,33-,34-,35+,36+,37+/m0/s1. The van der Waals surface area contributed by atoms with Gasteiger partial charge in [-0.2, -0.15) is 0 Å². The van der Waals surface area contributed by atoms with Crippen LogP contribution in [0.2, 0.25) is 5.04 Å². The molecule has 2 spiro atoms. The Labute approximate surface area is 310 Å². The van der Waals surface area contributed by atoms with Gasteiger partial charge in [0.05, 0.1) is 5.71 Å². The quantitative estimate of drug-likeness (QED) is 0.233. The maximum absolute atomic E-state index is 14.3. The van der Waals surface area contributed by atoms with Crippen LogP contribution in [-0.4, -0.2) is 74.3 Å². The summed E-state index contributed by atoms with van der Waals surface area (Å²) >= 11 is 0. The van der Waals surface area contributed by atoms with Crippen molar-refractivity contribution in [3.05, 3.63) is 60.7 Å². The predicted molar refractivity (Wildman–Crippen MR) is 200 cm³/mol. The molecule has 3 saturated carbocycles. The molecule has 0 bridgehead atoms. The number of esters is 1. The molecule has 0 N–H and O–H groups in total. The van der Waals surface area contributed by atoms with Crippen LogP contribution in [0.1, 0.15) is 112 Å². The van der Waals surface area contributed by atoms with Crippen LogP contribution in [0.4, 0.5) is 0 Å². The summed E-state index contributed by atoms with van der Waals surface area (Å²) < 4.78 is 43.1. The topological polar surface area (TPSA) is 94.0 Å². The average molecular weight is 732 g/mol. The highest BCUT2D eigenvalue weighted by Crippen LogP contribution is 2.54. The molecule has 5 fully saturated rings. The molecule has 3 aliphatic heterocycles. The Kier molecular flexibility index (Phi) is 9.52. The van der Waals surface area contributed by atoms with Crippen molar-refractivity contribution in [1.29, 1.82) is 0 Å². The number of benzene rings is 2. The number of carbonyl (C=O) groups excluding carboxylic acids is 1. The van der Waals surface area contributed by atoms with E-state index < -0.39 is 68.6 Å². The summed E-state index contributed by atoms with van der Waals surface area (Å²) in [6, 6.07) is 21.2. The lowest BCUT2D eigenvalue weighted by Gasteiger charge is -2.50. The van der Waals surface area contributed by atoms with Crippen LogP contribution < -0.4 is 10.4 Å². The molecule has 9 nitrogen and oxygen atoms in total. The van der Waals surface area contributed by atoms with Gasteiger partial charge >= 0.3 is 5.97 Å². The highest BCUT2D eigenvalue weighted by atomic mass is 28.4. The zero-order valence-electron chi connectivity index (χ0n) is 31.8. The van der Waals surface area contributed by atoms with Crippen molar-refractivity contribution in [2.24, 2.45) is 10.6 Å². The maximum atomic E-state index is 14.3. The minimum atomic E-state index is -3.19. The van der Waals surface area contributed by atoms with Gasteiger partial charge in [0.15, 0.2) is 17.7 Å². The maximum Gasteiger partial charge on any atom is 0.351 e. The Hall–Kier alpha value is -2.60. The smallest absolute Gasteiger partial charge is 0.351 e. The second-order valence-corrected chi connectivity index (χ2v) is 22.3. The third-order valence-corrected chi connectivity index (χ3v) is 17.4. The summed E-state index contributed by atoms with van der Waals surface area (Å²) in [4.78, 5) is 20.1. The molecule has 3 aliphatic carbocycles. The molecule has 0 amide bonds. The summed E-state index contributed by atoms with van der Waals surface area (Å²) in [5, 5.41) is 6.27. The lowest BCUT2D eigenvalue weighted by atomic mass is 9.84. The van der Waals surface area contributed by atoms with Gasteiger partial charge in [0.25, 0.3) is 8.32 Å². The molecule has 6 aliphatic rings. The lowest BCUT2D eigenvalue weighted by molar-refractivity contribution is -0.226. The van der Waals surface area contributed by atoms with Crippen LogP contribution in [0.5, 0.6) is 0 Å². The fourth-order valence-corrected chi connectivity index (χ4v) is 14.4. The largest absolute Gasteiger partial charge is 0.454 e. The lowest BCUT2D eigenvalue weighted by Crippen LogP contribution is -2.73. The van der Waals surface area contributed by atoms with E-state index in [9.17, 15) is 4.79 Å². The molecule has 8 rings (SSSR count). The van der Waals surface area contributed by atoms with Gasteiger partial charge in [-0.1, -0.05) is 120 Å². The molecule has 282 valence electrons. The van der Waals surface area contributed by atoms with Gasteiger partial charge in [-0.25, -0.2) is 4.79 Å². The molecule has 7 atom stereocenters. The monoisotopic (exact) mass is 731 g/mol. The van der Waals surface area contributed by atoms with Crippen LogP contribution >= 0.6 is 0 Å². The highest BCUT2D eigenvalue weighted by molar-refractivity contribution is 6.99. The number of carbonyl (C=O) groups is 1. The Morgan fingerprint density at radius 1 is 0.673 bits per heavy atom.